The van der Waals surface area contributed by atoms with E-state index in [4.69, 9.17) is 0 Å². The Bertz CT molecular complexity index is 468. The molecule has 0 aliphatic carbocycles. The minimum atomic E-state index is 1.03. The highest BCUT2D eigenvalue weighted by Gasteiger charge is 2.02. The van der Waals surface area contributed by atoms with E-state index in [1.54, 1.807) is 0 Å². The van der Waals surface area contributed by atoms with Crippen LogP contribution in [0.1, 0.15) is 9.75 Å². The molecule has 0 amide bonds. The largest absolute Gasteiger partial charge is 0.315 e. The number of hydrogen-bond acceptors (Lipinski definition) is 4. The van der Waals surface area contributed by atoms with Gasteiger partial charge < -0.3 is 10.2 Å². The third-order valence-corrected chi connectivity index (χ3v) is 5.46. The SMILES string of the molecule is CN(CCNCCc1cccs1)Cc1cc(Br)cs1. The number of likely N-dealkylation sites (N-methyl/N-ethyl adjacent to an activating group) is 1. The van der Waals surface area contributed by atoms with Crippen molar-refractivity contribution in [2.75, 3.05) is 26.7 Å². The van der Waals surface area contributed by atoms with Gasteiger partial charge in [-0.3, -0.25) is 0 Å². The van der Waals surface area contributed by atoms with E-state index in [2.05, 4.69) is 62.2 Å². The van der Waals surface area contributed by atoms with Crippen molar-refractivity contribution in [2.45, 2.75) is 13.0 Å². The standard InChI is InChI=1S/C14H19BrN2S2/c1-17(10-14-9-12(15)11-19-14)7-6-16-5-4-13-3-2-8-18-13/h2-3,8-9,11,16H,4-7,10H2,1H3. The van der Waals surface area contributed by atoms with Crippen molar-refractivity contribution in [2.24, 2.45) is 0 Å². The summed E-state index contributed by atoms with van der Waals surface area (Å²) in [5.41, 5.74) is 0. The Labute approximate surface area is 131 Å². The molecular formula is C14H19BrN2S2. The normalized spacial score (nSPS) is 11.3. The summed E-state index contributed by atoms with van der Waals surface area (Å²) in [4.78, 5) is 5.23. The van der Waals surface area contributed by atoms with E-state index in [0.29, 0.717) is 0 Å². The van der Waals surface area contributed by atoms with E-state index >= 15 is 0 Å². The Morgan fingerprint density at radius 2 is 2.16 bits per heavy atom. The third kappa shape index (κ3) is 5.75. The molecule has 0 aliphatic heterocycles. The van der Waals surface area contributed by atoms with Gasteiger partial charge in [0.25, 0.3) is 0 Å². The molecule has 0 saturated carbocycles. The highest BCUT2D eigenvalue weighted by Crippen LogP contribution is 2.20. The van der Waals surface area contributed by atoms with Gasteiger partial charge in [0, 0.05) is 45.8 Å². The highest BCUT2D eigenvalue weighted by molar-refractivity contribution is 9.10. The average molecular weight is 359 g/mol. The second-order valence-electron chi connectivity index (χ2n) is 4.55. The van der Waals surface area contributed by atoms with Crippen molar-refractivity contribution >= 4 is 38.6 Å². The first kappa shape index (κ1) is 15.2. The van der Waals surface area contributed by atoms with Crippen molar-refractivity contribution in [1.29, 1.82) is 0 Å². The summed E-state index contributed by atoms with van der Waals surface area (Å²) in [6, 6.07) is 6.52. The lowest BCUT2D eigenvalue weighted by Crippen LogP contribution is -2.29. The molecule has 0 atom stereocenters. The maximum Gasteiger partial charge on any atom is 0.0325 e. The summed E-state index contributed by atoms with van der Waals surface area (Å²) >= 11 is 7.14. The number of halogens is 1. The predicted octanol–water partition coefficient (Wildman–Crippen LogP) is 3.84. The molecule has 0 bridgehead atoms. The van der Waals surface area contributed by atoms with Gasteiger partial charge in [-0.2, -0.15) is 0 Å². The van der Waals surface area contributed by atoms with Gasteiger partial charge in [-0.1, -0.05) is 6.07 Å². The first-order chi connectivity index (χ1) is 9.24. The number of nitrogens with one attached hydrogen (secondary N) is 1. The lowest BCUT2D eigenvalue weighted by Gasteiger charge is -2.15. The monoisotopic (exact) mass is 358 g/mol. The van der Waals surface area contributed by atoms with E-state index in [0.717, 1.165) is 32.6 Å². The van der Waals surface area contributed by atoms with E-state index < -0.39 is 0 Å². The van der Waals surface area contributed by atoms with Gasteiger partial charge in [-0.25, -0.2) is 0 Å². The maximum absolute atomic E-state index is 3.50. The van der Waals surface area contributed by atoms with Gasteiger partial charge >= 0.3 is 0 Å². The minimum Gasteiger partial charge on any atom is -0.315 e. The minimum absolute atomic E-state index is 1.03. The van der Waals surface area contributed by atoms with Crippen LogP contribution < -0.4 is 5.32 Å². The Kier molecular flexibility index (Phi) is 6.53. The molecule has 0 aliphatic rings. The van der Waals surface area contributed by atoms with E-state index in [1.165, 1.54) is 14.2 Å². The van der Waals surface area contributed by atoms with Crippen molar-refractivity contribution < 1.29 is 0 Å². The second-order valence-corrected chi connectivity index (χ2v) is 7.49. The molecule has 0 spiro atoms. The molecule has 0 saturated heterocycles. The quantitative estimate of drug-likeness (QED) is 0.721. The maximum atomic E-state index is 3.50. The first-order valence-corrected chi connectivity index (χ1v) is 8.94. The molecule has 2 aromatic rings. The second kappa shape index (κ2) is 8.17. The van der Waals surface area contributed by atoms with Crippen molar-refractivity contribution in [3.8, 4) is 0 Å². The Balaban J connectivity index is 1.55. The van der Waals surface area contributed by atoms with Crippen LogP contribution in [-0.2, 0) is 13.0 Å². The smallest absolute Gasteiger partial charge is 0.0325 e. The molecule has 19 heavy (non-hydrogen) atoms. The zero-order valence-corrected chi connectivity index (χ0v) is 14.3. The molecular weight excluding hydrogens is 340 g/mol. The van der Waals surface area contributed by atoms with Gasteiger partial charge in [0.05, 0.1) is 0 Å². The molecule has 0 radical (unpaired) electrons. The molecule has 2 heterocycles. The van der Waals surface area contributed by atoms with Crippen LogP contribution in [0.5, 0.6) is 0 Å². The van der Waals surface area contributed by atoms with Crippen LogP contribution in [0.2, 0.25) is 0 Å². The van der Waals surface area contributed by atoms with Crippen LogP contribution in [0.25, 0.3) is 0 Å². The van der Waals surface area contributed by atoms with Gasteiger partial charge in [0.1, 0.15) is 0 Å². The van der Waals surface area contributed by atoms with Crippen molar-refractivity contribution in [1.82, 2.24) is 10.2 Å². The fourth-order valence-electron chi connectivity index (χ4n) is 1.84. The zero-order chi connectivity index (χ0) is 13.5. The third-order valence-electron chi connectivity index (χ3n) is 2.85. The molecule has 5 heteroatoms. The summed E-state index contributed by atoms with van der Waals surface area (Å²) in [6.45, 7) is 4.23. The van der Waals surface area contributed by atoms with E-state index in [9.17, 15) is 0 Å². The highest BCUT2D eigenvalue weighted by atomic mass is 79.9. The van der Waals surface area contributed by atoms with E-state index in [-0.39, 0.29) is 0 Å². The molecule has 2 nitrogen and oxygen atoms in total. The van der Waals surface area contributed by atoms with Crippen LogP contribution in [0.15, 0.2) is 33.4 Å². The van der Waals surface area contributed by atoms with Gasteiger partial charge in [0.2, 0.25) is 0 Å². The van der Waals surface area contributed by atoms with Crippen molar-refractivity contribution in [3.63, 3.8) is 0 Å². The number of hydrogen-bond donors (Lipinski definition) is 1. The number of thiophene rings is 2. The predicted molar refractivity (Wildman–Crippen MR) is 89.2 cm³/mol. The van der Waals surface area contributed by atoms with Crippen LogP contribution in [0, 0.1) is 0 Å². The fraction of sp³-hybridized carbons (Fsp3) is 0.429. The summed E-state index contributed by atoms with van der Waals surface area (Å²) in [6.07, 6.45) is 1.14. The van der Waals surface area contributed by atoms with Gasteiger partial charge in [-0.15, -0.1) is 22.7 Å². The Morgan fingerprint density at radius 1 is 1.26 bits per heavy atom. The summed E-state index contributed by atoms with van der Waals surface area (Å²) in [5, 5.41) is 7.79. The van der Waals surface area contributed by atoms with Gasteiger partial charge in [-0.05, 0) is 46.9 Å². The topological polar surface area (TPSA) is 15.3 Å². The molecule has 0 aromatic carbocycles. The Hall–Kier alpha value is -0.200. The van der Waals surface area contributed by atoms with Gasteiger partial charge in [0.15, 0.2) is 0 Å². The number of rotatable bonds is 8. The summed E-state index contributed by atoms with van der Waals surface area (Å²) < 4.78 is 1.19. The molecule has 104 valence electrons. The van der Waals surface area contributed by atoms with Crippen LogP contribution in [0.3, 0.4) is 0 Å². The lowest BCUT2D eigenvalue weighted by molar-refractivity contribution is 0.327. The van der Waals surface area contributed by atoms with E-state index in [1.807, 2.05) is 22.7 Å². The van der Waals surface area contributed by atoms with Crippen LogP contribution in [0.4, 0.5) is 0 Å². The molecule has 2 aromatic heterocycles. The summed E-state index contributed by atoms with van der Waals surface area (Å²) in [7, 11) is 2.18. The fourth-order valence-corrected chi connectivity index (χ4v) is 4.08. The summed E-state index contributed by atoms with van der Waals surface area (Å²) in [5.74, 6) is 0. The average Bonchev–Trinajstić information content (AvgIpc) is 3.01. The Morgan fingerprint density at radius 3 is 2.84 bits per heavy atom. The first-order valence-electron chi connectivity index (χ1n) is 6.38. The van der Waals surface area contributed by atoms with Crippen molar-refractivity contribution in [3.05, 3.63) is 43.2 Å². The van der Waals surface area contributed by atoms with Crippen LogP contribution in [-0.4, -0.2) is 31.6 Å². The molecule has 0 fully saturated rings. The molecule has 2 rings (SSSR count). The lowest BCUT2D eigenvalue weighted by atomic mass is 10.3. The molecule has 1 N–H and O–H groups in total. The van der Waals surface area contributed by atoms with Crippen LogP contribution >= 0.6 is 38.6 Å². The molecule has 0 unspecified atom stereocenters. The zero-order valence-electron chi connectivity index (χ0n) is 11.1. The number of nitrogens with zero attached hydrogens (tertiary/aromatic N) is 1.